The highest BCUT2D eigenvalue weighted by Crippen LogP contribution is 2.09. The molecule has 0 spiro atoms. The number of benzene rings is 1. The largest absolute Gasteiger partial charge is 0.347 e. The van der Waals surface area contributed by atoms with E-state index in [2.05, 4.69) is 21.0 Å². The van der Waals surface area contributed by atoms with Crippen molar-refractivity contribution in [1.82, 2.24) is 20.4 Å². The minimum absolute atomic E-state index is 0.0554. The molecule has 0 saturated carbocycles. The van der Waals surface area contributed by atoms with E-state index in [4.69, 9.17) is 0 Å². The number of anilines is 1. The molecule has 0 unspecified atom stereocenters. The van der Waals surface area contributed by atoms with Crippen LogP contribution in [0.15, 0.2) is 41.2 Å². The molecule has 1 aromatic heterocycles. The van der Waals surface area contributed by atoms with Gasteiger partial charge < -0.3 is 16.0 Å². The van der Waals surface area contributed by atoms with Crippen LogP contribution < -0.4 is 21.5 Å². The summed E-state index contributed by atoms with van der Waals surface area (Å²) in [5.74, 6) is -0.349. The lowest BCUT2D eigenvalue weighted by molar-refractivity contribution is 0.0943. The Hall–Kier alpha value is -3.16. The van der Waals surface area contributed by atoms with Crippen molar-refractivity contribution in [3.05, 3.63) is 58.0 Å². The minimum Gasteiger partial charge on any atom is -0.347 e. The fourth-order valence-electron chi connectivity index (χ4n) is 2.35. The number of hydrogen-bond acceptors (Lipinski definition) is 4. The van der Waals surface area contributed by atoms with Gasteiger partial charge in [0.2, 0.25) is 0 Å². The molecule has 1 heterocycles. The molecule has 2 aromatic rings. The number of nitrogens with zero attached hydrogens (tertiary/aromatic N) is 2. The average Bonchev–Trinajstić information content (AvgIpc) is 2.62. The molecule has 0 fully saturated rings. The monoisotopic (exact) mass is 371 g/mol. The number of urea groups is 1. The molecule has 0 aliphatic rings. The number of amides is 3. The zero-order valence-corrected chi connectivity index (χ0v) is 15.8. The third-order valence-electron chi connectivity index (χ3n) is 3.62. The number of aromatic nitrogens is 2. The fraction of sp³-hybridized carbons (Fsp3) is 0.368. The number of carbonyl (C=O) groups is 2. The van der Waals surface area contributed by atoms with Gasteiger partial charge in [-0.05, 0) is 44.0 Å². The Kier molecular flexibility index (Phi) is 7.10. The molecule has 144 valence electrons. The first-order chi connectivity index (χ1) is 12.9. The van der Waals surface area contributed by atoms with Gasteiger partial charge in [0.15, 0.2) is 0 Å². The summed E-state index contributed by atoms with van der Waals surface area (Å²) in [5, 5.41) is 12.3. The molecular formula is C19H25N5O3. The molecule has 8 nitrogen and oxygen atoms in total. The zero-order chi connectivity index (χ0) is 19.8. The van der Waals surface area contributed by atoms with E-state index in [9.17, 15) is 14.4 Å². The zero-order valence-electron chi connectivity index (χ0n) is 15.8. The second kappa shape index (κ2) is 9.51. The molecule has 0 saturated heterocycles. The van der Waals surface area contributed by atoms with E-state index in [0.29, 0.717) is 18.8 Å². The van der Waals surface area contributed by atoms with Gasteiger partial charge in [-0.15, -0.1) is 0 Å². The predicted molar refractivity (Wildman–Crippen MR) is 104 cm³/mol. The Morgan fingerprint density at radius 3 is 2.44 bits per heavy atom. The lowest BCUT2D eigenvalue weighted by atomic mass is 10.2. The van der Waals surface area contributed by atoms with E-state index in [1.165, 1.54) is 16.8 Å². The second-order valence-corrected chi connectivity index (χ2v) is 6.41. The molecule has 0 aliphatic carbocycles. The van der Waals surface area contributed by atoms with Crippen LogP contribution in [-0.4, -0.2) is 27.8 Å². The maximum atomic E-state index is 12.2. The highest BCUT2D eigenvalue weighted by atomic mass is 16.2. The van der Waals surface area contributed by atoms with Crippen molar-refractivity contribution in [3.8, 4) is 0 Å². The number of hydrogen-bond donors (Lipinski definition) is 3. The summed E-state index contributed by atoms with van der Waals surface area (Å²) in [6.45, 7) is 6.49. The van der Waals surface area contributed by atoms with Crippen LogP contribution in [0.3, 0.4) is 0 Å². The molecule has 1 aromatic carbocycles. The summed E-state index contributed by atoms with van der Waals surface area (Å²) in [6, 6.07) is 9.72. The molecule has 2 rings (SSSR count). The molecule has 0 aliphatic heterocycles. The van der Waals surface area contributed by atoms with Gasteiger partial charge in [0.25, 0.3) is 11.5 Å². The smallest absolute Gasteiger partial charge is 0.319 e. The number of rotatable bonds is 7. The van der Waals surface area contributed by atoms with E-state index in [1.54, 1.807) is 12.1 Å². The van der Waals surface area contributed by atoms with E-state index in [0.717, 1.165) is 12.0 Å². The summed E-state index contributed by atoms with van der Waals surface area (Å²) < 4.78 is 1.29. The maximum absolute atomic E-state index is 12.2. The molecule has 0 atom stereocenters. The summed E-state index contributed by atoms with van der Waals surface area (Å²) in [7, 11) is 0. The first-order valence-corrected chi connectivity index (χ1v) is 8.92. The Morgan fingerprint density at radius 1 is 1.11 bits per heavy atom. The summed E-state index contributed by atoms with van der Waals surface area (Å²) in [5.41, 5.74) is 1.52. The lowest BCUT2D eigenvalue weighted by Crippen LogP contribution is -2.34. The topological polar surface area (TPSA) is 105 Å². The molecule has 3 amide bonds. The van der Waals surface area contributed by atoms with Crippen molar-refractivity contribution in [2.75, 3.05) is 5.32 Å². The van der Waals surface area contributed by atoms with Gasteiger partial charge in [-0.2, -0.15) is 5.10 Å². The van der Waals surface area contributed by atoms with Crippen molar-refractivity contribution < 1.29 is 9.59 Å². The number of nitrogens with one attached hydrogen (secondary N) is 3. The first-order valence-electron chi connectivity index (χ1n) is 8.92. The third-order valence-corrected chi connectivity index (χ3v) is 3.62. The molecule has 0 bridgehead atoms. The van der Waals surface area contributed by atoms with Crippen LogP contribution in [0.5, 0.6) is 0 Å². The predicted octanol–water partition coefficient (Wildman–Crippen LogP) is 2.11. The second-order valence-electron chi connectivity index (χ2n) is 6.41. The molecule has 3 N–H and O–H groups in total. The van der Waals surface area contributed by atoms with Crippen LogP contribution in [0.1, 0.15) is 43.2 Å². The lowest BCUT2D eigenvalue weighted by Gasteiger charge is -2.11. The van der Waals surface area contributed by atoms with Crippen LogP contribution in [0.4, 0.5) is 10.5 Å². The average molecular weight is 371 g/mol. The van der Waals surface area contributed by atoms with Gasteiger partial charge in [0, 0.05) is 30.9 Å². The standard InChI is InChI=1S/C19H25N5O3/c1-4-11-24-17(25)10-9-16(23-24)18(26)20-12-14-5-7-15(8-6-14)22-19(27)21-13(2)3/h5-10,13H,4,11-12H2,1-3H3,(H,20,26)(H2,21,22,27). The van der Waals surface area contributed by atoms with E-state index >= 15 is 0 Å². The van der Waals surface area contributed by atoms with Crippen LogP contribution in [-0.2, 0) is 13.1 Å². The number of carbonyl (C=O) groups excluding carboxylic acids is 2. The Bertz CT molecular complexity index is 843. The van der Waals surface area contributed by atoms with E-state index in [-0.39, 0.29) is 29.2 Å². The molecular weight excluding hydrogens is 346 g/mol. The molecule has 8 heteroatoms. The van der Waals surface area contributed by atoms with Gasteiger partial charge in [-0.25, -0.2) is 9.48 Å². The van der Waals surface area contributed by atoms with Gasteiger partial charge in [-0.1, -0.05) is 19.1 Å². The Balaban J connectivity index is 1.92. The number of aryl methyl sites for hydroxylation is 1. The molecule has 0 radical (unpaired) electrons. The summed E-state index contributed by atoms with van der Waals surface area (Å²) >= 11 is 0. The van der Waals surface area contributed by atoms with Crippen LogP contribution >= 0.6 is 0 Å². The summed E-state index contributed by atoms with van der Waals surface area (Å²) in [4.78, 5) is 35.6. The Labute approximate surface area is 158 Å². The van der Waals surface area contributed by atoms with Gasteiger partial charge in [0.1, 0.15) is 5.69 Å². The van der Waals surface area contributed by atoms with Gasteiger partial charge in [0.05, 0.1) is 0 Å². The Morgan fingerprint density at radius 2 is 1.81 bits per heavy atom. The SMILES string of the molecule is CCCn1nc(C(=O)NCc2ccc(NC(=O)NC(C)C)cc2)ccc1=O. The third kappa shape index (κ3) is 6.25. The fourth-order valence-corrected chi connectivity index (χ4v) is 2.35. The normalized spacial score (nSPS) is 10.5. The maximum Gasteiger partial charge on any atom is 0.319 e. The van der Waals surface area contributed by atoms with Gasteiger partial charge in [-0.3, -0.25) is 9.59 Å². The van der Waals surface area contributed by atoms with E-state index < -0.39 is 0 Å². The minimum atomic E-state index is -0.349. The van der Waals surface area contributed by atoms with Crippen molar-refractivity contribution in [1.29, 1.82) is 0 Å². The van der Waals surface area contributed by atoms with Crippen molar-refractivity contribution in [3.63, 3.8) is 0 Å². The van der Waals surface area contributed by atoms with Crippen molar-refractivity contribution in [2.45, 2.75) is 46.3 Å². The highest BCUT2D eigenvalue weighted by molar-refractivity contribution is 5.92. The first kappa shape index (κ1) is 20.2. The van der Waals surface area contributed by atoms with E-state index in [1.807, 2.05) is 32.9 Å². The van der Waals surface area contributed by atoms with Crippen molar-refractivity contribution >= 4 is 17.6 Å². The van der Waals surface area contributed by atoms with Crippen LogP contribution in [0.25, 0.3) is 0 Å². The van der Waals surface area contributed by atoms with Gasteiger partial charge >= 0.3 is 6.03 Å². The quantitative estimate of drug-likeness (QED) is 0.693. The van der Waals surface area contributed by atoms with Crippen molar-refractivity contribution in [2.24, 2.45) is 0 Å². The van der Waals surface area contributed by atoms with Crippen LogP contribution in [0, 0.1) is 0 Å². The summed E-state index contributed by atoms with van der Waals surface area (Å²) in [6.07, 6.45) is 0.757. The van der Waals surface area contributed by atoms with Crippen LogP contribution in [0.2, 0.25) is 0 Å². The molecule has 27 heavy (non-hydrogen) atoms. The highest BCUT2D eigenvalue weighted by Gasteiger charge is 2.09.